The molecule has 30 nitrogen and oxygen atoms in total. The number of hydrogen-bond acceptors (Lipinski definition) is 21. The van der Waals surface area contributed by atoms with Crippen LogP contribution in [0.5, 0.6) is 0 Å². The lowest BCUT2D eigenvalue weighted by Crippen LogP contribution is -2.19. The predicted octanol–water partition coefficient (Wildman–Crippen LogP) is 7.52. The maximum Gasteiger partial charge on any atom is 0.305 e. The average Bonchev–Trinajstić information content (AvgIpc) is 2.02. The molecule has 95 heavy (non-hydrogen) atoms. The molecule has 0 bridgehead atoms. The molecule has 15 rings (SSSR count). The molecule has 486 valence electrons. The maximum atomic E-state index is 14.1. The van der Waals surface area contributed by atoms with E-state index in [1.54, 1.807) is 96.5 Å². The number of hydrogen-bond donors (Lipinski definition) is 2. The van der Waals surface area contributed by atoms with Gasteiger partial charge in [-0.3, -0.25) is 27.9 Å². The zero-order valence-corrected chi connectivity index (χ0v) is 53.7. The number of halogens is 3. The normalized spacial score (nSPS) is 11.3. The number of carbonyl (C=O) groups excluding carboxylic acids is 1. The summed E-state index contributed by atoms with van der Waals surface area (Å²) >= 11 is 1.52. The number of nitrogens with one attached hydrogen (secondary N) is 1. The number of aryl methyl sites for hydroxylation is 7. The molecule has 2 N–H and O–H groups in total. The Morgan fingerprint density at radius 2 is 1.19 bits per heavy atom. The molecule has 14 heterocycles. The largest absolute Gasteiger partial charge is 0.396 e. The van der Waals surface area contributed by atoms with Crippen molar-refractivity contribution in [1.29, 1.82) is 0 Å². The Bertz CT molecular complexity index is 5010. The van der Waals surface area contributed by atoms with Gasteiger partial charge < -0.3 is 10.4 Å². The first-order chi connectivity index (χ1) is 45.9. The summed E-state index contributed by atoms with van der Waals surface area (Å²) in [6.07, 6.45) is 27.7. The van der Waals surface area contributed by atoms with E-state index in [2.05, 4.69) is 104 Å². The summed E-state index contributed by atoms with van der Waals surface area (Å²) < 4.78 is 56.0. The van der Waals surface area contributed by atoms with Crippen LogP contribution in [0, 0.1) is 5.82 Å². The van der Waals surface area contributed by atoms with E-state index in [4.69, 9.17) is 5.11 Å². The Morgan fingerprint density at radius 1 is 0.600 bits per heavy atom. The molecule has 1 aromatic carbocycles. The lowest BCUT2D eigenvalue weighted by Gasteiger charge is -2.07. The molecule has 0 unspecified atom stereocenters. The standard InChI is InChI=1S/C16H15FN4O.C12H15N7O.C12H13N5.C11H10F2N6.C10H10N6S/c1-3-12-8-20-16-19-7-11(9-21(12)16)10-4-5-13(14(17)6-10)15(22)18-2;1-2-19-12-11(16-17-19)13-7-10(15-12)9-6-14-18(8-9)4-3-5-20;1-3-10-7-13-12-5-4-11(15-17(10)12)9-6-14-16(2)8-9;1-11(12,13)10-16-15-9-4-3-8(17-19(9)10)7-5-14-18(2)6-7;1-15-6-7(5-11-15)8-3-4-9-12-13-10(17-2)16(9)14-8/h4-9H,3H2,1-2H3,(H,18,22);6-8,20H,2-5H2,1H3;4-8H,3H2,1-2H3;3-6H,1-2H3;3-6H,1-2H3. The number of alkyl halides is 2. The maximum absolute atomic E-state index is 14.1. The van der Waals surface area contributed by atoms with Gasteiger partial charge in [-0.15, -0.1) is 25.5 Å². The number of aliphatic hydroxyl groups excluding tert-OH is 1. The SMILES string of the molecule is CCc1cnc2ccc(-c3cnn(C)c3)nn12.CCc1cnc2ncc(-c3ccc(C(=O)NC)c(F)c3)cn12.CCn1nnc2ncc(-c3cnn(CCCO)c3)nc21.CSc1nnc2ccc(-c3cnn(C)c3)nn12.Cn1cc(-c2ccc3nnc(C(C)(F)F)n3n2)cn1. The van der Waals surface area contributed by atoms with Crippen molar-refractivity contribution in [3.63, 3.8) is 0 Å². The van der Waals surface area contributed by atoms with Gasteiger partial charge in [-0.1, -0.05) is 36.9 Å². The van der Waals surface area contributed by atoms with E-state index in [9.17, 15) is 18.0 Å². The molecule has 0 atom stereocenters. The summed E-state index contributed by atoms with van der Waals surface area (Å²) in [6, 6.07) is 15.6. The lowest BCUT2D eigenvalue weighted by molar-refractivity contribution is 0.00562. The number of aromatic nitrogens is 27. The quantitative estimate of drug-likeness (QED) is 0.0994. The van der Waals surface area contributed by atoms with Crippen molar-refractivity contribution in [2.24, 2.45) is 21.1 Å². The summed E-state index contributed by atoms with van der Waals surface area (Å²) in [6.45, 7) is 8.42. The van der Waals surface area contributed by atoms with Gasteiger partial charge in [0.05, 0.1) is 77.4 Å². The summed E-state index contributed by atoms with van der Waals surface area (Å²) in [7, 11) is 7.02. The lowest BCUT2D eigenvalue weighted by atomic mass is 10.1. The van der Waals surface area contributed by atoms with Crippen LogP contribution in [0.1, 0.15) is 61.7 Å². The molecule has 0 aliphatic carbocycles. The molecule has 0 fully saturated rings. The van der Waals surface area contributed by atoms with Gasteiger partial charge in [0.2, 0.25) is 22.4 Å². The zero-order chi connectivity index (χ0) is 66.9. The van der Waals surface area contributed by atoms with Crippen LogP contribution in [0.2, 0.25) is 0 Å². The molecule has 0 aliphatic rings. The molecule has 0 radical (unpaired) electrons. The van der Waals surface area contributed by atoms with Crippen LogP contribution in [-0.2, 0) is 53.0 Å². The van der Waals surface area contributed by atoms with E-state index in [0.717, 1.165) is 97.0 Å². The van der Waals surface area contributed by atoms with Gasteiger partial charge in [-0.25, -0.2) is 38.5 Å². The van der Waals surface area contributed by atoms with E-state index >= 15 is 0 Å². The average molecular weight is 1310 g/mol. The third-order valence-corrected chi connectivity index (χ3v) is 15.1. The van der Waals surface area contributed by atoms with E-state index in [1.165, 1.54) is 30.9 Å². The minimum Gasteiger partial charge on any atom is -0.396 e. The summed E-state index contributed by atoms with van der Waals surface area (Å²) in [5.41, 5.74) is 13.4. The van der Waals surface area contributed by atoms with E-state index < -0.39 is 23.5 Å². The molecule has 1 amide bonds. The molecule has 15 aromatic rings. The van der Waals surface area contributed by atoms with Crippen LogP contribution in [0.4, 0.5) is 13.2 Å². The summed E-state index contributed by atoms with van der Waals surface area (Å²) in [4.78, 5) is 33.1. The highest BCUT2D eigenvalue weighted by atomic mass is 32.2. The van der Waals surface area contributed by atoms with E-state index in [-0.39, 0.29) is 17.8 Å². The second kappa shape index (κ2) is 28.5. The predicted molar refractivity (Wildman–Crippen MR) is 345 cm³/mol. The molecule has 0 saturated heterocycles. The van der Waals surface area contributed by atoms with E-state index in [0.29, 0.717) is 47.8 Å². The number of rotatable bonds is 14. The fraction of sp³-hybridized carbons (Fsp3) is 0.262. The molecule has 14 aromatic heterocycles. The Labute approximate surface area is 542 Å². The Kier molecular flexibility index (Phi) is 19.5. The van der Waals surface area contributed by atoms with E-state index in [1.807, 2.05) is 105 Å². The van der Waals surface area contributed by atoms with Gasteiger partial charge in [-0.05, 0) is 86.5 Å². The first-order valence-corrected chi connectivity index (χ1v) is 30.9. The molecule has 0 aliphatic heterocycles. The van der Waals surface area contributed by atoms with Crippen LogP contribution in [-0.4, -0.2) is 164 Å². The number of thioether (sulfide) groups is 1. The number of benzene rings is 1. The third kappa shape index (κ3) is 14.6. The second-order valence-corrected chi connectivity index (χ2v) is 21.9. The molecule has 0 spiro atoms. The monoisotopic (exact) mass is 1310 g/mol. The zero-order valence-electron chi connectivity index (χ0n) is 52.9. The van der Waals surface area contributed by atoms with Gasteiger partial charge in [0.25, 0.3) is 5.91 Å². The van der Waals surface area contributed by atoms with Gasteiger partial charge in [-0.2, -0.15) is 53.5 Å². The topological polar surface area (TPSA) is 324 Å². The first kappa shape index (κ1) is 65.0. The van der Waals surface area contributed by atoms with Crippen molar-refractivity contribution in [2.45, 2.75) is 71.1 Å². The minimum absolute atomic E-state index is 0.0252. The van der Waals surface area contributed by atoms with Crippen molar-refractivity contribution in [3.05, 3.63) is 164 Å². The van der Waals surface area contributed by atoms with Gasteiger partial charge in [0.1, 0.15) is 5.82 Å². The van der Waals surface area contributed by atoms with Gasteiger partial charge >= 0.3 is 5.92 Å². The molecular weight excluding hydrogens is 1250 g/mol. The van der Waals surface area contributed by atoms with Crippen molar-refractivity contribution in [2.75, 3.05) is 19.9 Å². The fourth-order valence-corrected chi connectivity index (χ4v) is 9.98. The van der Waals surface area contributed by atoms with Gasteiger partial charge in [0, 0.05) is 126 Å². The van der Waals surface area contributed by atoms with Crippen molar-refractivity contribution >= 4 is 51.7 Å². The summed E-state index contributed by atoms with van der Waals surface area (Å²) in [5, 5.41) is 65.0. The highest BCUT2D eigenvalue weighted by molar-refractivity contribution is 7.98. The smallest absolute Gasteiger partial charge is 0.305 e. The number of carbonyl (C=O) groups is 1. The highest BCUT2D eigenvalue weighted by Gasteiger charge is 2.32. The van der Waals surface area contributed by atoms with Crippen molar-refractivity contribution in [3.8, 4) is 56.2 Å². The Balaban J connectivity index is 0.000000121. The number of nitrogens with zero attached hydrogens (tertiary/aromatic N) is 27. The van der Waals surface area contributed by atoms with Crippen molar-refractivity contribution in [1.82, 2.24) is 138 Å². The first-order valence-electron chi connectivity index (χ1n) is 29.7. The van der Waals surface area contributed by atoms with Crippen molar-refractivity contribution < 1.29 is 23.1 Å². The van der Waals surface area contributed by atoms with Gasteiger partial charge in [0.15, 0.2) is 22.6 Å². The number of fused-ring (bicyclic) bond motifs is 5. The van der Waals surface area contributed by atoms with Crippen LogP contribution in [0.15, 0.2) is 140 Å². The Morgan fingerprint density at radius 3 is 1.78 bits per heavy atom. The number of aliphatic hydroxyl groups is 1. The minimum atomic E-state index is -3.10. The highest BCUT2D eigenvalue weighted by Crippen LogP contribution is 2.28. The summed E-state index contributed by atoms with van der Waals surface area (Å²) in [5.74, 6) is -3.96. The van der Waals surface area contributed by atoms with Crippen LogP contribution < -0.4 is 5.32 Å². The molecular formula is C61H63F3N28O2S. The molecule has 0 saturated carbocycles. The number of imidazole rings is 2. The third-order valence-electron chi connectivity index (χ3n) is 14.4. The van der Waals surface area contributed by atoms with Crippen LogP contribution >= 0.6 is 11.8 Å². The van der Waals surface area contributed by atoms with Crippen LogP contribution in [0.3, 0.4) is 0 Å². The Hall–Kier alpha value is -11.6. The second-order valence-electron chi connectivity index (χ2n) is 21.1. The fourth-order valence-electron chi connectivity index (χ4n) is 9.55. The molecule has 34 heteroatoms. The van der Waals surface area contributed by atoms with Crippen LogP contribution in [0.25, 0.3) is 90.2 Å². The number of amides is 1.